The number of alkyl halides is 3. The van der Waals surface area contributed by atoms with Crippen LogP contribution in [-0.2, 0) is 10.0 Å². The summed E-state index contributed by atoms with van der Waals surface area (Å²) in [6.45, 7) is 2.94. The molecule has 0 saturated heterocycles. The Morgan fingerprint density at radius 3 is 2.53 bits per heavy atom. The van der Waals surface area contributed by atoms with E-state index >= 15 is 0 Å². The minimum absolute atomic E-state index is 0.247. The molecular formula is C22H18F3N5O3S. The van der Waals surface area contributed by atoms with Gasteiger partial charge in [-0.15, -0.1) is 0 Å². The van der Waals surface area contributed by atoms with Crippen LogP contribution in [0.5, 0.6) is 5.75 Å². The quantitative estimate of drug-likeness (QED) is 0.537. The van der Waals surface area contributed by atoms with Crippen molar-refractivity contribution in [3.63, 3.8) is 0 Å². The molecule has 12 heteroatoms. The highest BCUT2D eigenvalue weighted by atomic mass is 32.2. The molecule has 1 N–H and O–H groups in total. The fourth-order valence-corrected chi connectivity index (χ4v) is 4.55. The van der Waals surface area contributed by atoms with Gasteiger partial charge < -0.3 is 4.74 Å². The van der Waals surface area contributed by atoms with Crippen molar-refractivity contribution in [1.82, 2.24) is 19.3 Å². The average Bonchev–Trinajstić information content (AvgIpc) is 3.05. The molecule has 3 heterocycles. The van der Waals surface area contributed by atoms with Crippen LogP contribution in [0.1, 0.15) is 19.4 Å². The Morgan fingerprint density at radius 1 is 1.26 bits per heavy atom. The summed E-state index contributed by atoms with van der Waals surface area (Å²) < 4.78 is 72.0. The monoisotopic (exact) mass is 489 g/mol. The van der Waals surface area contributed by atoms with Gasteiger partial charge in [-0.3, -0.25) is 9.55 Å². The molecule has 0 amide bonds. The summed E-state index contributed by atoms with van der Waals surface area (Å²) in [4.78, 5) is 8.17. The summed E-state index contributed by atoms with van der Waals surface area (Å²) in [5.74, 6) is 0.479. The number of nitriles is 1. The molecule has 0 unspecified atom stereocenters. The zero-order valence-electron chi connectivity index (χ0n) is 18.0. The van der Waals surface area contributed by atoms with Gasteiger partial charge in [0, 0.05) is 17.3 Å². The van der Waals surface area contributed by atoms with Crippen LogP contribution in [0.4, 0.5) is 13.2 Å². The largest absolute Gasteiger partial charge is 0.492 e. The molecule has 0 spiro atoms. The first kappa shape index (κ1) is 23.5. The molecule has 176 valence electrons. The van der Waals surface area contributed by atoms with Crippen molar-refractivity contribution < 1.29 is 26.3 Å². The number of ether oxygens (including phenoxy) is 1. The molecule has 1 atom stereocenters. The first-order valence-electron chi connectivity index (χ1n) is 10.1. The molecule has 0 fully saturated rings. The lowest BCUT2D eigenvalue weighted by atomic mass is 10.1. The fourth-order valence-electron chi connectivity index (χ4n) is 3.38. The standard InChI is InChI=1S/C22H18F3N5O3S/c1-3-33-15-9-17-18(10-26)20(30(14-5-4-6-14)21(17)28-11-15)19-8-7-16(12-27-19)34(31,32)29-13(2)22(23,24)25/h4-9,11-13,29H,3H2,1-2H3/t13-/m0/s1. The zero-order valence-corrected chi connectivity index (χ0v) is 18.8. The van der Waals surface area contributed by atoms with Crippen LogP contribution in [0.2, 0.25) is 0 Å². The number of allylic oxidation sites excluding steroid dienone is 4. The van der Waals surface area contributed by atoms with Crippen LogP contribution in [-0.4, -0.2) is 41.8 Å². The number of sulfonamides is 1. The van der Waals surface area contributed by atoms with E-state index in [0.29, 0.717) is 36.0 Å². The summed E-state index contributed by atoms with van der Waals surface area (Å²) in [7, 11) is -4.47. The van der Waals surface area contributed by atoms with E-state index in [1.807, 2.05) is 25.2 Å². The Kier molecular flexibility index (Phi) is 5.93. The van der Waals surface area contributed by atoms with E-state index in [2.05, 4.69) is 16.0 Å². The molecule has 1 aliphatic rings. The maximum absolute atomic E-state index is 12.8. The maximum atomic E-state index is 12.8. The van der Waals surface area contributed by atoms with E-state index < -0.39 is 27.1 Å². The Labute approximate surface area is 193 Å². The summed E-state index contributed by atoms with van der Waals surface area (Å²) in [6, 6.07) is 4.05. The Balaban J connectivity index is 1.82. The third-order valence-electron chi connectivity index (χ3n) is 5.11. The van der Waals surface area contributed by atoms with Crippen molar-refractivity contribution in [3.05, 3.63) is 54.4 Å². The lowest BCUT2D eigenvalue weighted by Gasteiger charge is -2.17. The highest BCUT2D eigenvalue weighted by Crippen LogP contribution is 2.37. The minimum atomic E-state index is -4.74. The highest BCUT2D eigenvalue weighted by Gasteiger charge is 2.39. The number of rotatable bonds is 7. The van der Waals surface area contributed by atoms with E-state index in [1.54, 1.807) is 15.4 Å². The molecule has 34 heavy (non-hydrogen) atoms. The zero-order chi connectivity index (χ0) is 24.7. The second kappa shape index (κ2) is 8.58. The molecule has 0 aliphatic heterocycles. The van der Waals surface area contributed by atoms with Gasteiger partial charge in [0.1, 0.15) is 28.4 Å². The molecule has 0 bridgehead atoms. The molecule has 0 radical (unpaired) electrons. The van der Waals surface area contributed by atoms with Crippen LogP contribution in [0.3, 0.4) is 0 Å². The van der Waals surface area contributed by atoms with Gasteiger partial charge in [0.2, 0.25) is 10.0 Å². The third-order valence-corrected chi connectivity index (χ3v) is 6.64. The fraction of sp³-hybridized carbons (Fsp3) is 0.227. The first-order valence-corrected chi connectivity index (χ1v) is 11.6. The number of hydrogen-bond acceptors (Lipinski definition) is 6. The Bertz CT molecular complexity index is 1470. The molecule has 3 aromatic rings. The van der Waals surface area contributed by atoms with E-state index in [0.717, 1.165) is 18.0 Å². The molecule has 4 rings (SSSR count). The highest BCUT2D eigenvalue weighted by molar-refractivity contribution is 7.89. The molecule has 0 aromatic carbocycles. The third kappa shape index (κ3) is 4.15. The predicted octanol–water partition coefficient (Wildman–Crippen LogP) is 4.01. The lowest BCUT2D eigenvalue weighted by molar-refractivity contribution is -0.147. The number of nitrogens with one attached hydrogen (secondary N) is 1. The summed E-state index contributed by atoms with van der Waals surface area (Å²) in [5.41, 5.74) is 2.07. The van der Waals surface area contributed by atoms with Crippen molar-refractivity contribution in [2.24, 2.45) is 0 Å². The maximum Gasteiger partial charge on any atom is 0.404 e. The van der Waals surface area contributed by atoms with Gasteiger partial charge in [0.25, 0.3) is 0 Å². The van der Waals surface area contributed by atoms with Gasteiger partial charge >= 0.3 is 6.18 Å². The van der Waals surface area contributed by atoms with E-state index in [1.165, 1.54) is 12.3 Å². The van der Waals surface area contributed by atoms with Crippen LogP contribution < -0.4 is 9.46 Å². The van der Waals surface area contributed by atoms with Crippen molar-refractivity contribution >= 4 is 26.8 Å². The predicted molar refractivity (Wildman–Crippen MR) is 118 cm³/mol. The average molecular weight is 489 g/mol. The van der Waals surface area contributed by atoms with Crippen molar-refractivity contribution in [1.29, 1.82) is 5.26 Å². The summed E-state index contributed by atoms with van der Waals surface area (Å²) in [5, 5.41) is 10.5. The van der Waals surface area contributed by atoms with Crippen molar-refractivity contribution in [3.8, 4) is 23.2 Å². The second-order valence-electron chi connectivity index (χ2n) is 7.36. The number of aromatic nitrogens is 3. The normalized spacial score (nSPS) is 14.4. The molecule has 0 saturated carbocycles. The van der Waals surface area contributed by atoms with Gasteiger partial charge in [-0.2, -0.15) is 23.2 Å². The Hall–Kier alpha value is -3.69. The molecular weight excluding hydrogens is 471 g/mol. The number of nitrogens with zero attached hydrogens (tertiary/aromatic N) is 4. The molecule has 8 nitrogen and oxygen atoms in total. The smallest absolute Gasteiger partial charge is 0.404 e. The van der Waals surface area contributed by atoms with Crippen LogP contribution >= 0.6 is 0 Å². The number of fused-ring (bicyclic) bond motifs is 1. The molecule has 1 aliphatic carbocycles. The first-order chi connectivity index (χ1) is 16.1. The summed E-state index contributed by atoms with van der Waals surface area (Å²) in [6.07, 6.45) is 3.18. The topological polar surface area (TPSA) is 110 Å². The number of halogens is 3. The van der Waals surface area contributed by atoms with Gasteiger partial charge in [0.15, 0.2) is 0 Å². The van der Waals surface area contributed by atoms with Gasteiger partial charge in [-0.1, -0.05) is 6.08 Å². The van der Waals surface area contributed by atoms with Crippen LogP contribution in [0.15, 0.2) is 53.7 Å². The minimum Gasteiger partial charge on any atom is -0.492 e. The number of hydrogen-bond donors (Lipinski definition) is 1. The van der Waals surface area contributed by atoms with Crippen LogP contribution in [0, 0.1) is 11.3 Å². The molecule has 3 aromatic heterocycles. The van der Waals surface area contributed by atoms with Crippen molar-refractivity contribution in [2.75, 3.05) is 6.61 Å². The van der Waals surface area contributed by atoms with E-state index in [9.17, 15) is 26.9 Å². The summed E-state index contributed by atoms with van der Waals surface area (Å²) >= 11 is 0. The lowest BCUT2D eigenvalue weighted by Crippen LogP contribution is -2.42. The van der Waals surface area contributed by atoms with E-state index in [-0.39, 0.29) is 11.3 Å². The van der Waals surface area contributed by atoms with E-state index in [4.69, 9.17) is 4.74 Å². The van der Waals surface area contributed by atoms with Crippen molar-refractivity contribution in [2.45, 2.75) is 31.0 Å². The van der Waals surface area contributed by atoms with Crippen LogP contribution in [0.25, 0.3) is 28.1 Å². The van der Waals surface area contributed by atoms with Gasteiger partial charge in [-0.25, -0.2) is 13.4 Å². The van der Waals surface area contributed by atoms with Gasteiger partial charge in [-0.05, 0) is 44.2 Å². The van der Waals surface area contributed by atoms with Gasteiger partial charge in [0.05, 0.1) is 29.8 Å². The number of pyridine rings is 2. The SMILES string of the molecule is CCOc1cnc2c(c1)c(C#N)c(-c1ccc(S(=O)(=O)N[C@@H](C)C(F)(F)F)cn1)n2C1=CC=C1. The Morgan fingerprint density at radius 2 is 2.00 bits per heavy atom. The second-order valence-corrected chi connectivity index (χ2v) is 9.07.